The highest BCUT2D eigenvalue weighted by atomic mass is 19.4. The number of carbonyl (C=O) groups is 1. The van der Waals surface area contributed by atoms with Gasteiger partial charge in [-0.3, -0.25) is 9.69 Å². The van der Waals surface area contributed by atoms with Crippen LogP contribution in [-0.4, -0.2) is 35.2 Å². The van der Waals surface area contributed by atoms with Gasteiger partial charge in [0.15, 0.2) is 0 Å². The second-order valence-electron chi connectivity index (χ2n) is 10.4. The van der Waals surface area contributed by atoms with E-state index in [1.165, 1.54) is 6.07 Å². The molecule has 2 aromatic carbocycles. The summed E-state index contributed by atoms with van der Waals surface area (Å²) in [5.41, 5.74) is 0.284. The van der Waals surface area contributed by atoms with Crippen LogP contribution in [0.25, 0.3) is 10.8 Å². The van der Waals surface area contributed by atoms with Crippen LogP contribution in [0.2, 0.25) is 0 Å². The lowest BCUT2D eigenvalue weighted by molar-refractivity contribution is -0.139. The number of fused-ring (bicyclic) bond motifs is 1. The molecular formula is C28H36F3NO3. The van der Waals surface area contributed by atoms with Crippen molar-refractivity contribution in [2.24, 2.45) is 11.8 Å². The Morgan fingerprint density at radius 3 is 2.54 bits per heavy atom. The van der Waals surface area contributed by atoms with Crippen molar-refractivity contribution >= 4 is 16.7 Å². The molecule has 35 heavy (non-hydrogen) atoms. The summed E-state index contributed by atoms with van der Waals surface area (Å²) in [6.07, 6.45) is 1.62. The van der Waals surface area contributed by atoms with Crippen molar-refractivity contribution in [3.63, 3.8) is 0 Å². The highest BCUT2D eigenvalue weighted by Crippen LogP contribution is 2.43. The Bertz CT molecular complexity index is 1030. The highest BCUT2D eigenvalue weighted by Gasteiger charge is 2.37. The Balaban J connectivity index is 1.62. The van der Waals surface area contributed by atoms with Gasteiger partial charge in [-0.1, -0.05) is 32.0 Å². The molecule has 1 saturated heterocycles. The number of hydrogen-bond donors (Lipinski definition) is 1. The largest absolute Gasteiger partial charge is 0.490 e. The summed E-state index contributed by atoms with van der Waals surface area (Å²) in [4.78, 5) is 13.5. The molecule has 1 aliphatic heterocycles. The van der Waals surface area contributed by atoms with Crippen LogP contribution in [0, 0.1) is 11.8 Å². The molecule has 4 rings (SSSR count). The molecule has 2 aromatic rings. The number of rotatable bonds is 7. The maximum absolute atomic E-state index is 14.2. The van der Waals surface area contributed by atoms with Gasteiger partial charge in [-0.25, -0.2) is 0 Å². The Labute approximate surface area is 205 Å². The molecule has 2 atom stereocenters. The van der Waals surface area contributed by atoms with Gasteiger partial charge in [0.2, 0.25) is 0 Å². The molecule has 2 fully saturated rings. The number of piperidine rings is 1. The molecule has 192 valence electrons. The minimum absolute atomic E-state index is 0.0467. The SMILES string of the molecule is CC[C@@H](c1ccc2c(C(F)(F)F)c(O[C@H]3CC[C@@H](C)CC3)ccc2c1)N1CCC[C@H](CC(=O)O)C1. The van der Waals surface area contributed by atoms with Crippen molar-refractivity contribution in [1.82, 2.24) is 4.90 Å². The molecular weight excluding hydrogens is 455 g/mol. The fourth-order valence-electron chi connectivity index (χ4n) is 5.95. The van der Waals surface area contributed by atoms with Crippen LogP contribution in [0.4, 0.5) is 13.2 Å². The van der Waals surface area contributed by atoms with E-state index in [0.717, 1.165) is 57.1 Å². The van der Waals surface area contributed by atoms with E-state index in [1.54, 1.807) is 18.2 Å². The molecule has 2 aliphatic rings. The Hall–Kier alpha value is -2.28. The van der Waals surface area contributed by atoms with E-state index >= 15 is 0 Å². The monoisotopic (exact) mass is 491 g/mol. The maximum atomic E-state index is 14.2. The van der Waals surface area contributed by atoms with E-state index in [9.17, 15) is 23.1 Å². The van der Waals surface area contributed by atoms with Crippen molar-refractivity contribution in [2.75, 3.05) is 13.1 Å². The summed E-state index contributed by atoms with van der Waals surface area (Å²) in [6.45, 7) is 5.81. The standard InChI is InChI=1S/C28H36F3NO3/c1-3-24(32-14-4-5-19(17-32)15-26(33)34)21-8-12-23-20(16-21)9-13-25(27(23)28(29,30)31)35-22-10-6-18(2)7-11-22/h8-9,12-13,16,18-19,22,24H,3-7,10-11,14-15,17H2,1-2H3,(H,33,34)/t18-,19-,22+,24+/m1/s1. The van der Waals surface area contributed by atoms with Gasteiger partial charge >= 0.3 is 12.1 Å². The smallest absolute Gasteiger partial charge is 0.420 e. The van der Waals surface area contributed by atoms with Crippen molar-refractivity contribution in [2.45, 2.75) is 83.5 Å². The predicted octanol–water partition coefficient (Wildman–Crippen LogP) is 7.45. The third-order valence-corrected chi connectivity index (χ3v) is 7.77. The first-order valence-electron chi connectivity index (χ1n) is 12.9. The van der Waals surface area contributed by atoms with Crippen LogP contribution in [-0.2, 0) is 11.0 Å². The van der Waals surface area contributed by atoms with Crippen LogP contribution in [0.1, 0.15) is 82.4 Å². The van der Waals surface area contributed by atoms with Crippen molar-refractivity contribution < 1.29 is 27.8 Å². The minimum atomic E-state index is -4.51. The zero-order chi connectivity index (χ0) is 25.2. The Morgan fingerprint density at radius 1 is 1.14 bits per heavy atom. The second-order valence-corrected chi connectivity index (χ2v) is 10.4. The van der Waals surface area contributed by atoms with E-state index in [0.29, 0.717) is 17.8 Å². The van der Waals surface area contributed by atoms with Crippen LogP contribution in [0.15, 0.2) is 30.3 Å². The number of carboxylic acid groups (broad SMARTS) is 1. The van der Waals surface area contributed by atoms with Crippen LogP contribution in [0.5, 0.6) is 5.75 Å². The van der Waals surface area contributed by atoms with Gasteiger partial charge < -0.3 is 9.84 Å². The first-order chi connectivity index (χ1) is 16.7. The summed E-state index contributed by atoms with van der Waals surface area (Å²) >= 11 is 0. The van der Waals surface area contributed by atoms with E-state index in [-0.39, 0.29) is 35.6 Å². The second kappa shape index (κ2) is 10.8. The number of hydrogen-bond acceptors (Lipinski definition) is 3. The van der Waals surface area contributed by atoms with Crippen LogP contribution < -0.4 is 4.74 Å². The van der Waals surface area contributed by atoms with Crippen molar-refractivity contribution in [1.29, 1.82) is 0 Å². The summed E-state index contributed by atoms with van der Waals surface area (Å²) in [6, 6.07) is 8.53. The van der Waals surface area contributed by atoms with E-state index < -0.39 is 17.7 Å². The molecule has 0 unspecified atom stereocenters. The number of likely N-dealkylation sites (tertiary alicyclic amines) is 1. The Kier molecular flexibility index (Phi) is 7.94. The number of ether oxygens (including phenoxy) is 1. The fraction of sp³-hybridized carbons (Fsp3) is 0.607. The molecule has 0 aromatic heterocycles. The number of alkyl halides is 3. The topological polar surface area (TPSA) is 49.8 Å². The molecule has 1 aliphatic carbocycles. The van der Waals surface area contributed by atoms with Gasteiger partial charge in [0, 0.05) is 19.0 Å². The van der Waals surface area contributed by atoms with E-state index in [4.69, 9.17) is 4.74 Å². The molecule has 1 N–H and O–H groups in total. The number of carboxylic acids is 1. The molecule has 1 saturated carbocycles. The van der Waals surface area contributed by atoms with Gasteiger partial charge in [-0.15, -0.1) is 0 Å². The van der Waals surface area contributed by atoms with Crippen molar-refractivity contribution in [3.05, 3.63) is 41.5 Å². The minimum Gasteiger partial charge on any atom is -0.490 e. The number of benzene rings is 2. The molecule has 4 nitrogen and oxygen atoms in total. The van der Waals surface area contributed by atoms with Crippen LogP contribution in [0.3, 0.4) is 0 Å². The van der Waals surface area contributed by atoms with Gasteiger partial charge in [0.05, 0.1) is 6.10 Å². The van der Waals surface area contributed by atoms with E-state index in [1.807, 2.05) is 6.07 Å². The lowest BCUT2D eigenvalue weighted by atomic mass is 9.89. The zero-order valence-electron chi connectivity index (χ0n) is 20.6. The summed E-state index contributed by atoms with van der Waals surface area (Å²) in [5, 5.41) is 9.91. The zero-order valence-corrected chi connectivity index (χ0v) is 20.6. The average molecular weight is 492 g/mol. The van der Waals surface area contributed by atoms with Crippen LogP contribution >= 0.6 is 0 Å². The van der Waals surface area contributed by atoms with Gasteiger partial charge in [0.25, 0.3) is 0 Å². The number of halogens is 3. The first-order valence-corrected chi connectivity index (χ1v) is 12.9. The van der Waals surface area contributed by atoms with E-state index in [2.05, 4.69) is 18.7 Å². The highest BCUT2D eigenvalue weighted by molar-refractivity contribution is 5.89. The normalized spacial score (nSPS) is 24.9. The van der Waals surface area contributed by atoms with Crippen molar-refractivity contribution in [3.8, 4) is 5.75 Å². The molecule has 0 amide bonds. The molecule has 7 heteroatoms. The number of nitrogens with zero attached hydrogens (tertiary/aromatic N) is 1. The third-order valence-electron chi connectivity index (χ3n) is 7.77. The van der Waals surface area contributed by atoms with Gasteiger partial charge in [-0.05, 0) is 91.8 Å². The fourth-order valence-corrected chi connectivity index (χ4v) is 5.95. The number of aliphatic carboxylic acids is 1. The summed E-state index contributed by atoms with van der Waals surface area (Å²) in [5.74, 6) is -0.152. The maximum Gasteiger partial charge on any atom is 0.420 e. The third kappa shape index (κ3) is 6.11. The lowest BCUT2D eigenvalue weighted by Gasteiger charge is -2.38. The lowest BCUT2D eigenvalue weighted by Crippen LogP contribution is -2.38. The first kappa shape index (κ1) is 25.8. The van der Waals surface area contributed by atoms with Gasteiger partial charge in [0.1, 0.15) is 11.3 Å². The predicted molar refractivity (Wildman–Crippen MR) is 131 cm³/mol. The Morgan fingerprint density at radius 2 is 1.89 bits per heavy atom. The molecule has 1 heterocycles. The average Bonchev–Trinajstić information content (AvgIpc) is 2.80. The molecule has 0 spiro atoms. The molecule has 0 bridgehead atoms. The van der Waals surface area contributed by atoms with Gasteiger partial charge in [-0.2, -0.15) is 13.2 Å². The quantitative estimate of drug-likeness (QED) is 0.437. The summed E-state index contributed by atoms with van der Waals surface area (Å²) < 4.78 is 48.6. The molecule has 0 radical (unpaired) electrons. The summed E-state index contributed by atoms with van der Waals surface area (Å²) in [7, 11) is 0.